The number of benzene rings is 1. The van der Waals surface area contributed by atoms with Gasteiger partial charge in [0.05, 0.1) is 0 Å². The molecule has 2 atom stereocenters. The largest absolute Gasteiger partial charge is 0.507 e. The van der Waals surface area contributed by atoms with Crippen molar-refractivity contribution < 1.29 is 19.8 Å². The molecule has 0 radical (unpaired) electrons. The third-order valence-electron chi connectivity index (χ3n) is 6.85. The summed E-state index contributed by atoms with van der Waals surface area (Å²) in [5.74, 6) is -1.80. The Morgan fingerprint density at radius 2 is 1.46 bits per heavy atom. The lowest BCUT2D eigenvalue weighted by Crippen LogP contribution is -2.46. The van der Waals surface area contributed by atoms with E-state index in [2.05, 4.69) is 12.7 Å². The molecular weight excluding hydrogens is 460 g/mol. The minimum Gasteiger partial charge on any atom is -0.507 e. The number of carbonyl (C=O) groups is 2. The number of Topliss-reactive ketones (excluding diaryl/α,β-unsaturated/α-hetero) is 2. The molecule has 4 nitrogen and oxygen atoms in total. The van der Waals surface area contributed by atoms with Crippen LogP contribution in [0.2, 0.25) is 0 Å². The fraction of sp³-hybridized carbons (Fsp3) is 0.394. The molecule has 0 bridgehead atoms. The van der Waals surface area contributed by atoms with Crippen LogP contribution in [0.15, 0.2) is 94.3 Å². The van der Waals surface area contributed by atoms with Crippen LogP contribution in [0.5, 0.6) is 0 Å². The van der Waals surface area contributed by atoms with Crippen LogP contribution in [0.1, 0.15) is 79.7 Å². The van der Waals surface area contributed by atoms with Crippen LogP contribution < -0.4 is 0 Å². The fourth-order valence-electron chi connectivity index (χ4n) is 4.54. The van der Waals surface area contributed by atoms with Gasteiger partial charge in [-0.3, -0.25) is 9.59 Å². The average Bonchev–Trinajstić information content (AvgIpc) is 2.83. The van der Waals surface area contributed by atoms with Crippen molar-refractivity contribution in [3.63, 3.8) is 0 Å². The van der Waals surface area contributed by atoms with Gasteiger partial charge < -0.3 is 10.2 Å². The van der Waals surface area contributed by atoms with Crippen molar-refractivity contribution in [2.24, 2.45) is 11.3 Å². The number of carbonyl (C=O) groups excluding carboxylic acids is 2. The summed E-state index contributed by atoms with van der Waals surface area (Å²) < 4.78 is 0. The number of aliphatic hydroxyl groups excluding tert-OH is 2. The Balaban J connectivity index is 2.89. The first-order valence-electron chi connectivity index (χ1n) is 12.9. The molecule has 4 heteroatoms. The molecule has 0 aliphatic heterocycles. The number of hydrogen-bond acceptors (Lipinski definition) is 4. The lowest BCUT2D eigenvalue weighted by Gasteiger charge is -2.38. The van der Waals surface area contributed by atoms with Crippen LogP contribution in [0.3, 0.4) is 0 Å². The van der Waals surface area contributed by atoms with E-state index in [4.69, 9.17) is 0 Å². The molecule has 37 heavy (non-hydrogen) atoms. The smallest absolute Gasteiger partial charge is 0.184 e. The fourth-order valence-corrected chi connectivity index (χ4v) is 4.54. The van der Waals surface area contributed by atoms with Gasteiger partial charge in [0.15, 0.2) is 11.6 Å². The molecule has 0 amide bonds. The highest BCUT2D eigenvalue weighted by Crippen LogP contribution is 2.47. The minimum atomic E-state index is -1.47. The SMILES string of the molecule is C=C(C)C(CC=C(C)C)CC1(CC=C(C)C)C(=O)C(CC=C(C)C)=C(O)/C(=C(\O)c2ccccc2)C1=O. The van der Waals surface area contributed by atoms with Crippen molar-refractivity contribution in [1.29, 1.82) is 0 Å². The Labute approximate surface area is 222 Å². The highest BCUT2D eigenvalue weighted by Gasteiger charge is 2.53. The van der Waals surface area contributed by atoms with Gasteiger partial charge in [0.1, 0.15) is 22.5 Å². The average molecular weight is 503 g/mol. The van der Waals surface area contributed by atoms with E-state index in [1.54, 1.807) is 24.3 Å². The van der Waals surface area contributed by atoms with Gasteiger partial charge in [-0.2, -0.15) is 0 Å². The van der Waals surface area contributed by atoms with Crippen molar-refractivity contribution in [1.82, 2.24) is 0 Å². The first kappa shape index (κ1) is 29.8. The third kappa shape index (κ3) is 7.09. The zero-order valence-electron chi connectivity index (χ0n) is 23.4. The van der Waals surface area contributed by atoms with E-state index in [0.29, 0.717) is 12.0 Å². The molecule has 2 rings (SSSR count). The topological polar surface area (TPSA) is 74.6 Å². The maximum Gasteiger partial charge on any atom is 0.184 e. The second-order valence-electron chi connectivity index (χ2n) is 10.9. The quantitative estimate of drug-likeness (QED) is 0.145. The van der Waals surface area contributed by atoms with Crippen LogP contribution >= 0.6 is 0 Å². The normalized spacial score (nSPS) is 19.8. The molecule has 2 N–H and O–H groups in total. The summed E-state index contributed by atoms with van der Waals surface area (Å²) in [5.41, 5.74) is 2.92. The lowest BCUT2D eigenvalue weighted by atomic mass is 9.61. The van der Waals surface area contributed by atoms with Gasteiger partial charge in [0.25, 0.3) is 0 Å². The molecule has 1 aliphatic carbocycles. The summed E-state index contributed by atoms with van der Waals surface area (Å²) >= 11 is 0. The first-order chi connectivity index (χ1) is 17.3. The number of hydrogen-bond donors (Lipinski definition) is 2. The highest BCUT2D eigenvalue weighted by atomic mass is 16.3. The molecule has 1 aliphatic rings. The maximum absolute atomic E-state index is 14.4. The van der Waals surface area contributed by atoms with Crippen LogP contribution in [0.25, 0.3) is 5.76 Å². The Morgan fingerprint density at radius 1 is 0.892 bits per heavy atom. The molecule has 1 aromatic rings. The van der Waals surface area contributed by atoms with Gasteiger partial charge in [-0.1, -0.05) is 77.4 Å². The van der Waals surface area contributed by atoms with E-state index in [9.17, 15) is 19.8 Å². The van der Waals surface area contributed by atoms with E-state index in [0.717, 1.165) is 22.3 Å². The van der Waals surface area contributed by atoms with E-state index >= 15 is 0 Å². The van der Waals surface area contributed by atoms with Gasteiger partial charge in [-0.05, 0) is 80.1 Å². The number of rotatable bonds is 10. The van der Waals surface area contributed by atoms with E-state index in [1.165, 1.54) is 0 Å². The van der Waals surface area contributed by atoms with Crippen LogP contribution in [0, 0.1) is 11.3 Å². The molecule has 0 fully saturated rings. The molecule has 0 aromatic heterocycles. The molecule has 2 unspecified atom stereocenters. The number of aliphatic hydroxyl groups is 2. The van der Waals surface area contributed by atoms with Crippen molar-refractivity contribution in [3.8, 4) is 0 Å². The predicted molar refractivity (Wildman–Crippen MR) is 153 cm³/mol. The van der Waals surface area contributed by atoms with Gasteiger partial charge in [0, 0.05) is 11.1 Å². The van der Waals surface area contributed by atoms with Crippen LogP contribution in [0.4, 0.5) is 0 Å². The summed E-state index contributed by atoms with van der Waals surface area (Å²) in [4.78, 5) is 28.6. The van der Waals surface area contributed by atoms with Gasteiger partial charge in [0.2, 0.25) is 0 Å². The highest BCUT2D eigenvalue weighted by molar-refractivity contribution is 6.26. The molecule has 0 heterocycles. The summed E-state index contributed by atoms with van der Waals surface area (Å²) in [6.07, 6.45) is 7.12. The van der Waals surface area contributed by atoms with Crippen molar-refractivity contribution in [2.75, 3.05) is 0 Å². The molecule has 0 saturated carbocycles. The first-order valence-corrected chi connectivity index (χ1v) is 12.9. The maximum atomic E-state index is 14.4. The van der Waals surface area contributed by atoms with Crippen LogP contribution in [-0.4, -0.2) is 21.8 Å². The van der Waals surface area contributed by atoms with Crippen molar-refractivity contribution >= 4 is 17.3 Å². The van der Waals surface area contributed by atoms with E-state index in [1.807, 2.05) is 66.7 Å². The second kappa shape index (κ2) is 12.7. The Bertz CT molecular complexity index is 1190. The zero-order chi connectivity index (χ0) is 27.9. The monoisotopic (exact) mass is 502 g/mol. The molecule has 1 aromatic carbocycles. The van der Waals surface area contributed by atoms with Gasteiger partial charge in [-0.15, -0.1) is 0 Å². The molecular formula is C33H42O4. The van der Waals surface area contributed by atoms with Crippen LogP contribution in [-0.2, 0) is 9.59 Å². The summed E-state index contributed by atoms with van der Waals surface area (Å²) in [6.45, 7) is 17.8. The van der Waals surface area contributed by atoms with Crippen molar-refractivity contribution in [3.05, 3.63) is 99.9 Å². The Kier molecular flexibility index (Phi) is 10.2. The summed E-state index contributed by atoms with van der Waals surface area (Å²) in [6, 6.07) is 8.67. The van der Waals surface area contributed by atoms with Gasteiger partial charge in [-0.25, -0.2) is 0 Å². The predicted octanol–water partition coefficient (Wildman–Crippen LogP) is 8.56. The Hall–Kier alpha value is -3.40. The second-order valence-corrected chi connectivity index (χ2v) is 10.9. The standard InChI is InChI=1S/C33H42O4/c1-21(2)14-16-26(24(7)8)20-33(19-18-23(5)6)31(36)27(17-15-22(3)4)30(35)28(32(33)37)29(34)25-12-10-9-11-13-25/h9-15,18,26,34-35H,7,16-17,19-20H2,1-6,8H3/b29-28+. The van der Waals surface area contributed by atoms with E-state index in [-0.39, 0.29) is 47.9 Å². The van der Waals surface area contributed by atoms with E-state index < -0.39 is 17.0 Å². The molecule has 0 spiro atoms. The molecule has 0 saturated heterocycles. The summed E-state index contributed by atoms with van der Waals surface area (Å²) in [5, 5.41) is 22.6. The van der Waals surface area contributed by atoms with Gasteiger partial charge >= 0.3 is 0 Å². The van der Waals surface area contributed by atoms with Crippen molar-refractivity contribution in [2.45, 2.75) is 74.1 Å². The Morgan fingerprint density at radius 3 is 1.97 bits per heavy atom. The minimum absolute atomic E-state index is 0.126. The zero-order valence-corrected chi connectivity index (χ0v) is 23.4. The lowest BCUT2D eigenvalue weighted by molar-refractivity contribution is -0.138. The third-order valence-corrected chi connectivity index (χ3v) is 6.85. The molecule has 198 valence electrons. The number of allylic oxidation sites excluding steroid dienone is 9. The summed E-state index contributed by atoms with van der Waals surface area (Å²) in [7, 11) is 0. The number of ketones is 2.